The van der Waals surface area contributed by atoms with Crippen molar-refractivity contribution in [1.82, 2.24) is 10.3 Å². The number of allylic oxidation sites excluding steroid dienone is 4. The lowest BCUT2D eigenvalue weighted by Gasteiger charge is -2.59. The summed E-state index contributed by atoms with van der Waals surface area (Å²) in [6, 6.07) is 5.37. The normalized spacial score (nSPS) is 36.1. The molecule has 3 saturated carbocycles. The summed E-state index contributed by atoms with van der Waals surface area (Å²) in [6.07, 6.45) is 8.45. The van der Waals surface area contributed by atoms with Gasteiger partial charge in [0.25, 0.3) is 0 Å². The molecule has 3 N–H and O–H groups in total. The van der Waals surface area contributed by atoms with Crippen LogP contribution in [0.4, 0.5) is 0 Å². The lowest BCUT2D eigenvalue weighted by Crippen LogP contribution is -2.61. The SMILES string of the molecule is C[C@]12C=CC(=O)C=C1CC[C@H]1[C@H]2[C@@H](O)C[C@@]2(C)[C@H]1CC[C@@]2(O)C(=O)COC(=O)CCC(=O)NCc1ccccn1. The second-order valence-electron chi connectivity index (χ2n) is 12.3. The van der Waals surface area contributed by atoms with Crippen molar-refractivity contribution < 1.29 is 34.1 Å². The van der Waals surface area contributed by atoms with E-state index in [0.29, 0.717) is 12.1 Å². The highest BCUT2D eigenvalue weighted by Crippen LogP contribution is 2.67. The molecule has 0 spiro atoms. The van der Waals surface area contributed by atoms with Crippen LogP contribution in [-0.4, -0.2) is 57.0 Å². The quantitative estimate of drug-likeness (QED) is 0.419. The molecule has 0 bridgehead atoms. The van der Waals surface area contributed by atoms with Crippen molar-refractivity contribution in [2.75, 3.05) is 6.61 Å². The summed E-state index contributed by atoms with van der Waals surface area (Å²) in [4.78, 5) is 53.9. The van der Waals surface area contributed by atoms with Gasteiger partial charge in [-0.3, -0.25) is 24.2 Å². The van der Waals surface area contributed by atoms with Crippen molar-refractivity contribution in [2.24, 2.45) is 28.6 Å². The van der Waals surface area contributed by atoms with Crippen molar-refractivity contribution >= 4 is 23.4 Å². The van der Waals surface area contributed by atoms with E-state index in [-0.39, 0.29) is 61.7 Å². The van der Waals surface area contributed by atoms with Crippen LogP contribution in [0.1, 0.15) is 64.5 Å². The van der Waals surface area contributed by atoms with Crippen LogP contribution in [0.5, 0.6) is 0 Å². The summed E-state index contributed by atoms with van der Waals surface area (Å²) in [5.41, 5.74) is -1.27. The third-order valence-corrected chi connectivity index (χ3v) is 10.2. The monoisotopic (exact) mass is 550 g/mol. The van der Waals surface area contributed by atoms with Gasteiger partial charge in [0.1, 0.15) is 5.60 Å². The Bertz CT molecular complexity index is 1260. The predicted octanol–water partition coefficient (Wildman–Crippen LogP) is 2.60. The molecule has 9 heteroatoms. The van der Waals surface area contributed by atoms with Gasteiger partial charge in [0.15, 0.2) is 12.4 Å². The fourth-order valence-corrected chi connectivity index (χ4v) is 8.12. The van der Waals surface area contributed by atoms with E-state index < -0.39 is 40.9 Å². The van der Waals surface area contributed by atoms with E-state index in [1.807, 2.05) is 19.1 Å². The third-order valence-electron chi connectivity index (χ3n) is 10.2. The van der Waals surface area contributed by atoms with Crippen LogP contribution in [0.3, 0.4) is 0 Å². The Labute approximate surface area is 234 Å². The minimum atomic E-state index is -1.72. The molecule has 1 amide bonds. The van der Waals surface area contributed by atoms with Gasteiger partial charge in [0.05, 0.1) is 24.8 Å². The van der Waals surface area contributed by atoms with Crippen LogP contribution in [0.15, 0.2) is 48.2 Å². The number of aliphatic hydroxyl groups is 2. The first-order valence-electron chi connectivity index (χ1n) is 14.2. The number of nitrogens with zero attached hydrogens (tertiary/aromatic N) is 1. The van der Waals surface area contributed by atoms with Crippen LogP contribution in [-0.2, 0) is 30.5 Å². The highest BCUT2D eigenvalue weighted by Gasteiger charge is 2.68. The first kappa shape index (κ1) is 28.4. The predicted molar refractivity (Wildman–Crippen MR) is 144 cm³/mol. The maximum atomic E-state index is 13.4. The Balaban J connectivity index is 1.18. The minimum Gasteiger partial charge on any atom is -0.458 e. The summed E-state index contributed by atoms with van der Waals surface area (Å²) < 4.78 is 5.20. The number of ketones is 2. The van der Waals surface area contributed by atoms with Gasteiger partial charge in [-0.2, -0.15) is 0 Å². The van der Waals surface area contributed by atoms with Crippen LogP contribution in [0.25, 0.3) is 0 Å². The van der Waals surface area contributed by atoms with Crippen LogP contribution < -0.4 is 5.32 Å². The second kappa shape index (κ2) is 10.7. The van der Waals surface area contributed by atoms with Crippen molar-refractivity contribution in [3.8, 4) is 0 Å². The van der Waals surface area contributed by atoms with E-state index in [4.69, 9.17) is 4.74 Å². The largest absolute Gasteiger partial charge is 0.458 e. The number of amides is 1. The number of esters is 1. The smallest absolute Gasteiger partial charge is 0.306 e. The standard InChI is InChI=1S/C31H38N2O7/c1-29-12-10-21(34)15-19(29)6-7-22-23-11-13-31(39,30(23,2)16-24(35)28(22)29)25(36)18-40-27(38)9-8-26(37)33-17-20-5-3-4-14-32-20/h3-5,10,12,14-15,22-24,28,35,39H,6-9,11,13,16-18H2,1-2H3,(H,33,37)/t22-,23+,24+,28+,29+,30+,31-/m1/s1. The molecule has 4 aliphatic carbocycles. The topological polar surface area (TPSA) is 143 Å². The van der Waals surface area contributed by atoms with E-state index in [1.165, 1.54) is 0 Å². The van der Waals surface area contributed by atoms with Gasteiger partial charge in [-0.25, -0.2) is 0 Å². The number of carbonyl (C=O) groups is 4. The Morgan fingerprint density at radius 1 is 1.18 bits per heavy atom. The van der Waals surface area contributed by atoms with Crippen molar-refractivity contribution in [2.45, 2.75) is 77.0 Å². The van der Waals surface area contributed by atoms with Gasteiger partial charge in [0.2, 0.25) is 11.7 Å². The Hall–Kier alpha value is -3.17. The van der Waals surface area contributed by atoms with Crippen LogP contribution >= 0.6 is 0 Å². The van der Waals surface area contributed by atoms with Crippen LogP contribution in [0, 0.1) is 28.6 Å². The zero-order valence-electron chi connectivity index (χ0n) is 23.1. The lowest BCUT2D eigenvalue weighted by atomic mass is 9.46. The number of ether oxygens (including phenoxy) is 1. The van der Waals surface area contributed by atoms with Gasteiger partial charge in [-0.05, 0) is 68.2 Å². The summed E-state index contributed by atoms with van der Waals surface area (Å²) in [6.45, 7) is 3.63. The zero-order chi connectivity index (χ0) is 28.7. The number of rotatable bonds is 8. The highest BCUT2D eigenvalue weighted by molar-refractivity contribution is 6.01. The number of fused-ring (bicyclic) bond motifs is 5. The molecular formula is C31H38N2O7. The average molecular weight is 551 g/mol. The minimum absolute atomic E-state index is 0.0118. The molecule has 5 rings (SSSR count). The van der Waals surface area contributed by atoms with E-state index in [9.17, 15) is 29.4 Å². The van der Waals surface area contributed by atoms with Gasteiger partial charge in [0, 0.05) is 29.4 Å². The Morgan fingerprint density at radius 2 is 1.98 bits per heavy atom. The van der Waals surface area contributed by atoms with Crippen molar-refractivity contribution in [3.05, 3.63) is 53.9 Å². The van der Waals surface area contributed by atoms with Gasteiger partial charge >= 0.3 is 5.97 Å². The number of Topliss-reactive ketones (excluding diaryl/α,β-unsaturated/α-hetero) is 1. The summed E-state index contributed by atoms with van der Waals surface area (Å²) in [5, 5.41) is 25.9. The zero-order valence-corrected chi connectivity index (χ0v) is 23.1. The number of hydrogen-bond donors (Lipinski definition) is 3. The van der Waals surface area contributed by atoms with Crippen molar-refractivity contribution in [1.29, 1.82) is 0 Å². The fourth-order valence-electron chi connectivity index (χ4n) is 8.12. The first-order chi connectivity index (χ1) is 19.0. The van der Waals surface area contributed by atoms with E-state index in [1.54, 1.807) is 30.5 Å². The molecule has 1 heterocycles. The molecule has 4 aliphatic rings. The Morgan fingerprint density at radius 3 is 2.73 bits per heavy atom. The number of aromatic nitrogens is 1. The second-order valence-corrected chi connectivity index (χ2v) is 12.3. The maximum Gasteiger partial charge on any atom is 0.306 e. The summed E-state index contributed by atoms with van der Waals surface area (Å²) >= 11 is 0. The lowest BCUT2D eigenvalue weighted by molar-refractivity contribution is -0.181. The molecule has 9 nitrogen and oxygen atoms in total. The first-order valence-corrected chi connectivity index (χ1v) is 14.2. The molecule has 0 aliphatic heterocycles. The number of pyridine rings is 1. The number of nitrogens with one attached hydrogen (secondary N) is 1. The van der Waals surface area contributed by atoms with Crippen LogP contribution in [0.2, 0.25) is 0 Å². The molecule has 0 radical (unpaired) electrons. The van der Waals surface area contributed by atoms with Gasteiger partial charge in [-0.15, -0.1) is 0 Å². The molecule has 1 aromatic heterocycles. The summed E-state index contributed by atoms with van der Waals surface area (Å²) in [7, 11) is 0. The Kier molecular flexibility index (Phi) is 7.56. The molecular weight excluding hydrogens is 512 g/mol. The van der Waals surface area contributed by atoms with Gasteiger partial charge in [-0.1, -0.05) is 31.6 Å². The molecule has 0 saturated heterocycles. The van der Waals surface area contributed by atoms with Gasteiger partial charge < -0.3 is 20.3 Å². The van der Waals surface area contributed by atoms with Crippen molar-refractivity contribution in [3.63, 3.8) is 0 Å². The average Bonchev–Trinajstić information content (AvgIpc) is 3.20. The van der Waals surface area contributed by atoms with E-state index >= 15 is 0 Å². The highest BCUT2D eigenvalue weighted by atomic mass is 16.5. The van der Waals surface area contributed by atoms with E-state index in [2.05, 4.69) is 17.2 Å². The molecule has 40 heavy (non-hydrogen) atoms. The third kappa shape index (κ3) is 4.83. The van der Waals surface area contributed by atoms with E-state index in [0.717, 1.165) is 18.4 Å². The number of hydrogen-bond acceptors (Lipinski definition) is 8. The maximum absolute atomic E-state index is 13.4. The molecule has 1 aromatic rings. The molecule has 0 unspecified atom stereocenters. The molecule has 0 aromatic carbocycles. The fraction of sp³-hybridized carbons (Fsp3) is 0.581. The molecule has 214 valence electrons. The molecule has 7 atom stereocenters. The summed E-state index contributed by atoms with van der Waals surface area (Å²) in [5.74, 6) is -1.62. The molecule has 3 fully saturated rings. The number of aliphatic hydroxyl groups excluding tert-OH is 1. The number of carbonyl (C=O) groups excluding carboxylic acids is 4.